The summed E-state index contributed by atoms with van der Waals surface area (Å²) in [5.41, 5.74) is 6.93. The summed E-state index contributed by atoms with van der Waals surface area (Å²) in [5, 5.41) is 8.62. The second-order valence-corrected chi connectivity index (χ2v) is 5.82. The van der Waals surface area contributed by atoms with Crippen molar-refractivity contribution in [1.82, 2.24) is 15.0 Å². The normalized spacial score (nSPS) is 11.4. The van der Waals surface area contributed by atoms with Crippen LogP contribution >= 0.6 is 11.6 Å². The van der Waals surface area contributed by atoms with Gasteiger partial charge in [-0.05, 0) is 32.0 Å². The summed E-state index contributed by atoms with van der Waals surface area (Å²) in [5.74, 6) is -0.301. The molecule has 0 radical (unpaired) electrons. The lowest BCUT2D eigenvalue weighted by Crippen LogP contribution is -2.30. The molecule has 2 N–H and O–H groups in total. The Morgan fingerprint density at radius 1 is 1.48 bits per heavy atom. The third-order valence-electron chi connectivity index (χ3n) is 3.10. The van der Waals surface area contributed by atoms with Crippen LogP contribution in [0.1, 0.15) is 13.8 Å². The molecule has 0 atom stereocenters. The average molecular weight is 309 g/mol. The first kappa shape index (κ1) is 15.3. The summed E-state index contributed by atoms with van der Waals surface area (Å²) in [6.45, 7) is 3.94. The summed E-state index contributed by atoms with van der Waals surface area (Å²) in [6.07, 6.45) is 1.74. The van der Waals surface area contributed by atoms with Gasteiger partial charge >= 0.3 is 5.97 Å². The van der Waals surface area contributed by atoms with Gasteiger partial charge in [0, 0.05) is 11.3 Å². The molecule has 21 heavy (non-hydrogen) atoms. The molecule has 2 rings (SSSR count). The number of aromatic nitrogens is 3. The van der Waals surface area contributed by atoms with E-state index in [-0.39, 0.29) is 5.97 Å². The molecule has 0 amide bonds. The van der Waals surface area contributed by atoms with Crippen molar-refractivity contribution in [2.24, 2.45) is 5.41 Å². The number of nitrogens with zero attached hydrogens (tertiary/aromatic N) is 3. The smallest absolute Gasteiger partial charge is 0.313 e. The molecule has 0 bridgehead atoms. The van der Waals surface area contributed by atoms with Crippen LogP contribution in [0.2, 0.25) is 5.02 Å². The van der Waals surface area contributed by atoms with Crippen LogP contribution in [0.4, 0.5) is 5.69 Å². The molecule has 2 aromatic rings. The van der Waals surface area contributed by atoms with Gasteiger partial charge in [-0.3, -0.25) is 9.48 Å². The van der Waals surface area contributed by atoms with E-state index < -0.39 is 5.41 Å². The van der Waals surface area contributed by atoms with Gasteiger partial charge in [0.15, 0.2) is 0 Å². The van der Waals surface area contributed by atoms with E-state index in [1.54, 1.807) is 42.9 Å². The van der Waals surface area contributed by atoms with E-state index in [0.717, 1.165) is 5.56 Å². The number of esters is 1. The van der Waals surface area contributed by atoms with Crippen molar-refractivity contribution in [2.45, 2.75) is 20.4 Å². The van der Waals surface area contributed by atoms with Crippen molar-refractivity contribution < 1.29 is 9.53 Å². The fraction of sp³-hybridized carbons (Fsp3) is 0.357. The molecule has 1 heterocycles. The zero-order valence-electron chi connectivity index (χ0n) is 12.1. The quantitative estimate of drug-likeness (QED) is 0.692. The predicted octanol–water partition coefficient (Wildman–Crippen LogP) is 2.38. The number of nitrogen functional groups attached to an aromatic ring is 1. The first-order valence-electron chi connectivity index (χ1n) is 6.37. The van der Waals surface area contributed by atoms with Gasteiger partial charge in [0.2, 0.25) is 0 Å². The Hall–Kier alpha value is -2.08. The summed E-state index contributed by atoms with van der Waals surface area (Å²) < 4.78 is 6.37. The second-order valence-electron chi connectivity index (χ2n) is 5.42. The summed E-state index contributed by atoms with van der Waals surface area (Å²) in [4.78, 5) is 11.7. The van der Waals surface area contributed by atoms with Crippen molar-refractivity contribution in [3.63, 3.8) is 0 Å². The van der Waals surface area contributed by atoms with E-state index in [1.807, 2.05) is 0 Å². The highest BCUT2D eigenvalue weighted by molar-refractivity contribution is 6.33. The maximum Gasteiger partial charge on any atom is 0.313 e. The number of carbonyl (C=O) groups is 1. The molecular weight excluding hydrogens is 292 g/mol. The molecule has 0 unspecified atom stereocenters. The van der Waals surface area contributed by atoms with Crippen molar-refractivity contribution in [3.8, 4) is 11.3 Å². The zero-order valence-corrected chi connectivity index (χ0v) is 12.9. The molecule has 0 aliphatic carbocycles. The second kappa shape index (κ2) is 5.73. The molecule has 0 aliphatic rings. The Morgan fingerprint density at radius 2 is 2.19 bits per heavy atom. The number of hydrogen-bond acceptors (Lipinski definition) is 5. The molecule has 0 fully saturated rings. The Morgan fingerprint density at radius 3 is 2.81 bits per heavy atom. The molecule has 0 spiro atoms. The topological polar surface area (TPSA) is 83.0 Å². The van der Waals surface area contributed by atoms with Gasteiger partial charge in [0.05, 0.1) is 30.3 Å². The van der Waals surface area contributed by atoms with Crippen LogP contribution in [-0.2, 0) is 16.1 Å². The standard InChI is InChI=1S/C14H17ClN4O2/c1-14(2,13(20)21-3)8-19-7-12(17-18-19)10-5-4-9(16)6-11(10)15/h4-7H,8,16H2,1-3H3. The largest absolute Gasteiger partial charge is 0.469 e. The average Bonchev–Trinajstić information content (AvgIpc) is 2.85. The fourth-order valence-electron chi connectivity index (χ4n) is 1.98. The summed E-state index contributed by atoms with van der Waals surface area (Å²) in [6, 6.07) is 5.20. The van der Waals surface area contributed by atoms with Gasteiger partial charge in [-0.25, -0.2) is 0 Å². The third kappa shape index (κ3) is 3.33. The van der Waals surface area contributed by atoms with E-state index in [1.165, 1.54) is 7.11 Å². The van der Waals surface area contributed by atoms with Crippen molar-refractivity contribution >= 4 is 23.3 Å². The highest BCUT2D eigenvalue weighted by Crippen LogP contribution is 2.28. The molecule has 112 valence electrons. The van der Waals surface area contributed by atoms with Gasteiger partial charge in [0.1, 0.15) is 5.69 Å². The third-order valence-corrected chi connectivity index (χ3v) is 3.42. The highest BCUT2D eigenvalue weighted by Gasteiger charge is 2.29. The lowest BCUT2D eigenvalue weighted by molar-refractivity contribution is -0.151. The van der Waals surface area contributed by atoms with Crippen LogP contribution in [0, 0.1) is 5.41 Å². The van der Waals surface area contributed by atoms with Crippen LogP contribution in [0.3, 0.4) is 0 Å². The minimum atomic E-state index is -0.690. The number of anilines is 1. The highest BCUT2D eigenvalue weighted by atomic mass is 35.5. The van der Waals surface area contributed by atoms with Crippen molar-refractivity contribution in [3.05, 3.63) is 29.4 Å². The van der Waals surface area contributed by atoms with Crippen LogP contribution in [0.5, 0.6) is 0 Å². The Labute approximate surface area is 127 Å². The van der Waals surface area contributed by atoms with Gasteiger partial charge in [-0.1, -0.05) is 16.8 Å². The Bertz CT molecular complexity index is 667. The van der Waals surface area contributed by atoms with Crippen LogP contribution in [-0.4, -0.2) is 28.1 Å². The van der Waals surface area contributed by atoms with Crippen molar-refractivity contribution in [2.75, 3.05) is 12.8 Å². The molecule has 1 aromatic carbocycles. The number of nitrogens with two attached hydrogens (primary N) is 1. The SMILES string of the molecule is COC(=O)C(C)(C)Cn1cc(-c2ccc(N)cc2Cl)nn1. The van der Waals surface area contributed by atoms with E-state index in [2.05, 4.69) is 10.3 Å². The number of halogens is 1. The number of carbonyl (C=O) groups excluding carboxylic acids is 1. The zero-order chi connectivity index (χ0) is 15.6. The maximum absolute atomic E-state index is 11.7. The first-order chi connectivity index (χ1) is 9.83. The fourth-order valence-corrected chi connectivity index (χ4v) is 2.27. The molecular formula is C14H17ClN4O2. The number of hydrogen-bond donors (Lipinski definition) is 1. The van der Waals surface area contributed by atoms with Crippen molar-refractivity contribution in [1.29, 1.82) is 0 Å². The van der Waals surface area contributed by atoms with Gasteiger partial charge in [-0.15, -0.1) is 5.10 Å². The van der Waals surface area contributed by atoms with E-state index in [9.17, 15) is 4.79 Å². The minimum absolute atomic E-state index is 0.301. The van der Waals surface area contributed by atoms with Crippen LogP contribution in [0.25, 0.3) is 11.3 Å². The van der Waals surface area contributed by atoms with E-state index in [0.29, 0.717) is 22.9 Å². The van der Waals surface area contributed by atoms with Gasteiger partial charge < -0.3 is 10.5 Å². The molecule has 6 nitrogen and oxygen atoms in total. The van der Waals surface area contributed by atoms with E-state index in [4.69, 9.17) is 22.1 Å². The minimum Gasteiger partial charge on any atom is -0.469 e. The van der Waals surface area contributed by atoms with Gasteiger partial charge in [0.25, 0.3) is 0 Å². The number of ether oxygens (including phenoxy) is 1. The lowest BCUT2D eigenvalue weighted by atomic mass is 9.94. The number of rotatable bonds is 4. The van der Waals surface area contributed by atoms with Crippen LogP contribution < -0.4 is 5.73 Å². The predicted molar refractivity (Wildman–Crippen MR) is 80.7 cm³/mol. The van der Waals surface area contributed by atoms with Gasteiger partial charge in [-0.2, -0.15) is 0 Å². The maximum atomic E-state index is 11.7. The molecule has 0 aliphatic heterocycles. The van der Waals surface area contributed by atoms with E-state index >= 15 is 0 Å². The molecule has 0 saturated heterocycles. The molecule has 7 heteroatoms. The lowest BCUT2D eigenvalue weighted by Gasteiger charge is -2.20. The Balaban J connectivity index is 2.24. The summed E-state index contributed by atoms with van der Waals surface area (Å²) in [7, 11) is 1.37. The first-order valence-corrected chi connectivity index (χ1v) is 6.75. The van der Waals surface area contributed by atoms with Crippen LogP contribution in [0.15, 0.2) is 24.4 Å². The monoisotopic (exact) mass is 308 g/mol. The summed E-state index contributed by atoms with van der Waals surface area (Å²) >= 11 is 6.15. The molecule has 0 saturated carbocycles. The number of methoxy groups -OCH3 is 1. The number of benzene rings is 1. The Kier molecular flexibility index (Phi) is 4.18. The molecule has 1 aromatic heterocycles.